The third-order valence-electron chi connectivity index (χ3n) is 4.79. The molecule has 140 valence electrons. The molecular weight excluding hydrogens is 358 g/mol. The van der Waals surface area contributed by atoms with Crippen LogP contribution in [0.3, 0.4) is 0 Å². The monoisotopic (exact) mass is 381 g/mol. The SMILES string of the molecule is COc1cccc([C@H]2NC(=S)NC(C)=C2C(=O)Nc2cccc(C)c2C)c1. The standard InChI is InChI=1S/C21H23N3O2S/c1-12-7-5-10-17(13(12)2)23-20(25)18-14(3)22-21(27)24-19(18)15-8-6-9-16(11-15)26-4/h5-11,19H,1-4H3,(H,23,25)(H2,22,24,27)/t19-/m1/s1. The van der Waals surface area contributed by atoms with Gasteiger partial charge < -0.3 is 20.7 Å². The van der Waals surface area contributed by atoms with Crippen LogP contribution in [0.1, 0.15) is 29.7 Å². The molecule has 3 N–H and O–H groups in total. The summed E-state index contributed by atoms with van der Waals surface area (Å²) < 4.78 is 5.33. The number of rotatable bonds is 4. The number of methoxy groups -OCH3 is 1. The Morgan fingerprint density at radius 2 is 1.89 bits per heavy atom. The first-order valence-electron chi connectivity index (χ1n) is 8.70. The lowest BCUT2D eigenvalue weighted by atomic mass is 9.94. The van der Waals surface area contributed by atoms with E-state index < -0.39 is 0 Å². The average molecular weight is 382 g/mol. The Kier molecular flexibility index (Phi) is 5.46. The Labute approximate surface area is 164 Å². The van der Waals surface area contributed by atoms with Crippen molar-refractivity contribution in [3.8, 4) is 5.75 Å². The summed E-state index contributed by atoms with van der Waals surface area (Å²) in [5, 5.41) is 9.79. The Morgan fingerprint density at radius 1 is 1.15 bits per heavy atom. The van der Waals surface area contributed by atoms with Gasteiger partial charge in [0.25, 0.3) is 5.91 Å². The number of amides is 1. The van der Waals surface area contributed by atoms with Crippen LogP contribution in [0, 0.1) is 13.8 Å². The number of carbonyl (C=O) groups is 1. The second-order valence-corrected chi connectivity index (χ2v) is 6.96. The van der Waals surface area contributed by atoms with E-state index in [0.29, 0.717) is 10.7 Å². The fourth-order valence-electron chi connectivity index (χ4n) is 3.14. The molecule has 2 aromatic carbocycles. The van der Waals surface area contributed by atoms with Crippen molar-refractivity contribution in [3.05, 3.63) is 70.4 Å². The summed E-state index contributed by atoms with van der Waals surface area (Å²) in [5.74, 6) is 0.558. The van der Waals surface area contributed by atoms with E-state index in [1.54, 1.807) is 7.11 Å². The second-order valence-electron chi connectivity index (χ2n) is 6.55. The third-order valence-corrected chi connectivity index (χ3v) is 5.01. The van der Waals surface area contributed by atoms with E-state index in [-0.39, 0.29) is 11.9 Å². The molecule has 0 spiro atoms. The van der Waals surface area contributed by atoms with Crippen LogP contribution in [0.4, 0.5) is 5.69 Å². The molecule has 1 atom stereocenters. The number of hydrogen-bond donors (Lipinski definition) is 3. The van der Waals surface area contributed by atoms with Gasteiger partial charge in [-0.05, 0) is 67.9 Å². The van der Waals surface area contributed by atoms with Crippen LogP contribution in [-0.2, 0) is 4.79 Å². The predicted molar refractivity (Wildman–Crippen MR) is 112 cm³/mol. The van der Waals surface area contributed by atoms with E-state index in [9.17, 15) is 4.79 Å². The van der Waals surface area contributed by atoms with Crippen LogP contribution in [0.2, 0.25) is 0 Å². The summed E-state index contributed by atoms with van der Waals surface area (Å²) in [6.07, 6.45) is 0. The normalized spacial score (nSPS) is 16.4. The summed E-state index contributed by atoms with van der Waals surface area (Å²) in [5.41, 5.74) is 5.21. The van der Waals surface area contributed by atoms with Gasteiger partial charge in [0.15, 0.2) is 5.11 Å². The third kappa shape index (κ3) is 3.95. The number of carbonyl (C=O) groups excluding carboxylic acids is 1. The Hall–Kier alpha value is -2.86. The summed E-state index contributed by atoms with van der Waals surface area (Å²) in [6, 6.07) is 13.1. The molecular formula is C21H23N3O2S. The highest BCUT2D eigenvalue weighted by molar-refractivity contribution is 7.80. The zero-order chi connectivity index (χ0) is 19.6. The van der Waals surface area contributed by atoms with Gasteiger partial charge in [-0.1, -0.05) is 24.3 Å². The van der Waals surface area contributed by atoms with Gasteiger partial charge in [-0.15, -0.1) is 0 Å². The Bertz CT molecular complexity index is 937. The van der Waals surface area contributed by atoms with Gasteiger partial charge in [-0.3, -0.25) is 4.79 Å². The molecule has 1 amide bonds. The Morgan fingerprint density at radius 3 is 2.63 bits per heavy atom. The number of aryl methyl sites for hydroxylation is 1. The largest absolute Gasteiger partial charge is 0.497 e. The predicted octanol–water partition coefficient (Wildman–Crippen LogP) is 3.74. The number of hydrogen-bond acceptors (Lipinski definition) is 3. The van der Waals surface area contributed by atoms with Crippen LogP contribution >= 0.6 is 12.2 Å². The van der Waals surface area contributed by atoms with E-state index in [2.05, 4.69) is 16.0 Å². The molecule has 1 heterocycles. The molecule has 6 heteroatoms. The van der Waals surface area contributed by atoms with Crippen molar-refractivity contribution in [3.63, 3.8) is 0 Å². The van der Waals surface area contributed by atoms with Gasteiger partial charge in [0.2, 0.25) is 0 Å². The molecule has 1 aliphatic heterocycles. The molecule has 27 heavy (non-hydrogen) atoms. The highest BCUT2D eigenvalue weighted by atomic mass is 32.1. The van der Waals surface area contributed by atoms with Crippen LogP contribution in [-0.4, -0.2) is 18.1 Å². The highest BCUT2D eigenvalue weighted by Crippen LogP contribution is 2.30. The number of ether oxygens (including phenoxy) is 1. The highest BCUT2D eigenvalue weighted by Gasteiger charge is 2.30. The maximum Gasteiger partial charge on any atom is 0.255 e. The summed E-state index contributed by atoms with van der Waals surface area (Å²) in [7, 11) is 1.62. The van der Waals surface area contributed by atoms with Crippen molar-refractivity contribution >= 4 is 28.9 Å². The molecule has 1 aliphatic rings. The van der Waals surface area contributed by atoms with Gasteiger partial charge in [0, 0.05) is 11.4 Å². The van der Waals surface area contributed by atoms with Crippen molar-refractivity contribution < 1.29 is 9.53 Å². The lowest BCUT2D eigenvalue weighted by Crippen LogP contribution is -2.45. The quantitative estimate of drug-likeness (QED) is 0.704. The van der Waals surface area contributed by atoms with Crippen molar-refractivity contribution in [2.75, 3.05) is 12.4 Å². The number of benzene rings is 2. The van der Waals surface area contributed by atoms with Crippen LogP contribution in [0.15, 0.2) is 53.7 Å². The maximum atomic E-state index is 13.2. The minimum Gasteiger partial charge on any atom is -0.497 e. The fraction of sp³-hybridized carbons (Fsp3) is 0.238. The molecule has 0 radical (unpaired) electrons. The Balaban J connectivity index is 1.98. The minimum absolute atomic E-state index is 0.170. The van der Waals surface area contributed by atoms with Gasteiger partial charge in [0.1, 0.15) is 5.75 Å². The molecule has 0 saturated heterocycles. The number of nitrogens with one attached hydrogen (secondary N) is 3. The summed E-state index contributed by atoms with van der Waals surface area (Å²) >= 11 is 5.31. The molecule has 0 fully saturated rings. The molecule has 0 unspecified atom stereocenters. The second kappa shape index (κ2) is 7.80. The van der Waals surface area contributed by atoms with E-state index in [0.717, 1.165) is 33.8 Å². The van der Waals surface area contributed by atoms with Crippen LogP contribution < -0.4 is 20.7 Å². The molecule has 3 rings (SSSR count). The molecule has 5 nitrogen and oxygen atoms in total. The zero-order valence-corrected chi connectivity index (χ0v) is 16.7. The van der Waals surface area contributed by atoms with Gasteiger partial charge in [-0.2, -0.15) is 0 Å². The number of allylic oxidation sites excluding steroid dienone is 1. The number of anilines is 1. The van der Waals surface area contributed by atoms with Gasteiger partial charge >= 0.3 is 0 Å². The smallest absolute Gasteiger partial charge is 0.255 e. The molecule has 0 saturated carbocycles. The van der Waals surface area contributed by atoms with Crippen LogP contribution in [0.5, 0.6) is 5.75 Å². The van der Waals surface area contributed by atoms with Crippen molar-refractivity contribution in [1.82, 2.24) is 10.6 Å². The average Bonchev–Trinajstić information content (AvgIpc) is 2.64. The van der Waals surface area contributed by atoms with E-state index >= 15 is 0 Å². The molecule has 2 aromatic rings. The fourth-order valence-corrected chi connectivity index (χ4v) is 3.41. The summed E-state index contributed by atoms with van der Waals surface area (Å²) in [6.45, 7) is 5.88. The van der Waals surface area contributed by atoms with E-state index in [4.69, 9.17) is 17.0 Å². The first-order valence-corrected chi connectivity index (χ1v) is 9.11. The lowest BCUT2D eigenvalue weighted by Gasteiger charge is -2.30. The van der Waals surface area contributed by atoms with E-state index in [1.807, 2.05) is 63.2 Å². The maximum absolute atomic E-state index is 13.2. The molecule has 0 bridgehead atoms. The van der Waals surface area contributed by atoms with Gasteiger partial charge in [0.05, 0.1) is 18.7 Å². The molecule has 0 aromatic heterocycles. The lowest BCUT2D eigenvalue weighted by molar-refractivity contribution is -0.113. The van der Waals surface area contributed by atoms with Crippen LogP contribution in [0.25, 0.3) is 0 Å². The van der Waals surface area contributed by atoms with Gasteiger partial charge in [-0.25, -0.2) is 0 Å². The summed E-state index contributed by atoms with van der Waals surface area (Å²) in [4.78, 5) is 13.2. The number of thiocarbonyl (C=S) groups is 1. The first-order chi connectivity index (χ1) is 12.9. The zero-order valence-electron chi connectivity index (χ0n) is 15.8. The molecule has 0 aliphatic carbocycles. The van der Waals surface area contributed by atoms with Crippen molar-refractivity contribution in [2.24, 2.45) is 0 Å². The first kappa shape index (κ1) is 18.9. The van der Waals surface area contributed by atoms with Crippen molar-refractivity contribution in [1.29, 1.82) is 0 Å². The minimum atomic E-state index is -0.362. The van der Waals surface area contributed by atoms with Crippen molar-refractivity contribution in [2.45, 2.75) is 26.8 Å². The topological polar surface area (TPSA) is 62.4 Å². The van der Waals surface area contributed by atoms with E-state index in [1.165, 1.54) is 0 Å².